The summed E-state index contributed by atoms with van der Waals surface area (Å²) in [5, 5.41) is 2.93. The van der Waals surface area contributed by atoms with Crippen LogP contribution in [-0.2, 0) is 14.8 Å². The van der Waals surface area contributed by atoms with Crippen LogP contribution in [0.5, 0.6) is 5.75 Å². The Balaban J connectivity index is 1.87. The Morgan fingerprint density at radius 3 is 2.30 bits per heavy atom. The van der Waals surface area contributed by atoms with Gasteiger partial charge in [0.2, 0.25) is 5.91 Å². The molecule has 6 nitrogen and oxygen atoms in total. The Morgan fingerprint density at radius 2 is 1.73 bits per heavy atom. The topological polar surface area (TPSA) is 75.7 Å². The van der Waals surface area contributed by atoms with Crippen molar-refractivity contribution < 1.29 is 22.3 Å². The summed E-state index contributed by atoms with van der Waals surface area (Å²) in [4.78, 5) is 12.9. The predicted octanol–water partition coefficient (Wildman–Crippen LogP) is 4.61. The number of halogens is 1. The van der Waals surface area contributed by atoms with E-state index < -0.39 is 28.3 Å². The van der Waals surface area contributed by atoms with Crippen molar-refractivity contribution in [2.75, 3.05) is 18.0 Å². The molecule has 0 aliphatic carbocycles. The van der Waals surface area contributed by atoms with Crippen LogP contribution < -0.4 is 14.4 Å². The molecule has 3 rings (SSSR count). The summed E-state index contributed by atoms with van der Waals surface area (Å²) >= 11 is 0. The van der Waals surface area contributed by atoms with E-state index >= 15 is 0 Å². The minimum Gasteiger partial charge on any atom is -0.496 e. The third kappa shape index (κ3) is 5.70. The first-order valence-electron chi connectivity index (χ1n) is 10.5. The zero-order valence-electron chi connectivity index (χ0n) is 18.8. The Morgan fingerprint density at radius 1 is 1.06 bits per heavy atom. The van der Waals surface area contributed by atoms with Crippen molar-refractivity contribution in [1.82, 2.24) is 5.32 Å². The molecule has 1 amide bonds. The number of anilines is 1. The first-order valence-corrected chi connectivity index (χ1v) is 12.0. The molecule has 0 saturated carbocycles. The highest BCUT2D eigenvalue weighted by atomic mass is 32.2. The number of para-hydroxylation sites is 1. The van der Waals surface area contributed by atoms with Crippen LogP contribution >= 0.6 is 0 Å². The zero-order chi connectivity index (χ0) is 24.0. The summed E-state index contributed by atoms with van der Waals surface area (Å²) < 4.78 is 46.3. The average Bonchev–Trinajstić information content (AvgIpc) is 2.81. The Kier molecular flexibility index (Phi) is 7.71. The van der Waals surface area contributed by atoms with Crippen molar-refractivity contribution in [2.24, 2.45) is 0 Å². The summed E-state index contributed by atoms with van der Waals surface area (Å²) in [5.41, 5.74) is 2.18. The van der Waals surface area contributed by atoms with E-state index in [0.29, 0.717) is 12.1 Å². The van der Waals surface area contributed by atoms with Crippen molar-refractivity contribution in [3.05, 3.63) is 89.7 Å². The fraction of sp³-hybridized carbons (Fsp3) is 0.240. The number of nitrogens with zero attached hydrogens (tertiary/aromatic N) is 1. The fourth-order valence-electron chi connectivity index (χ4n) is 3.55. The van der Waals surface area contributed by atoms with Crippen LogP contribution in [0.15, 0.2) is 77.7 Å². The third-order valence-electron chi connectivity index (χ3n) is 5.30. The molecule has 0 saturated heterocycles. The number of hydrogen-bond acceptors (Lipinski definition) is 4. The molecule has 0 unspecified atom stereocenters. The molecule has 0 aromatic heterocycles. The van der Waals surface area contributed by atoms with E-state index in [1.165, 1.54) is 12.1 Å². The van der Waals surface area contributed by atoms with E-state index in [1.807, 2.05) is 32.0 Å². The molecule has 8 heteroatoms. The van der Waals surface area contributed by atoms with Gasteiger partial charge in [-0.1, -0.05) is 37.3 Å². The number of aryl methyl sites for hydroxylation is 1. The van der Waals surface area contributed by atoms with Gasteiger partial charge in [-0.3, -0.25) is 9.10 Å². The van der Waals surface area contributed by atoms with Gasteiger partial charge in [-0.25, -0.2) is 12.8 Å². The second kappa shape index (κ2) is 10.5. The number of sulfonamides is 1. The maximum atomic E-state index is 13.3. The van der Waals surface area contributed by atoms with Crippen molar-refractivity contribution in [3.8, 4) is 5.75 Å². The Bertz CT molecular complexity index is 1200. The van der Waals surface area contributed by atoms with Crippen LogP contribution in [0.2, 0.25) is 0 Å². The summed E-state index contributed by atoms with van der Waals surface area (Å²) in [6.45, 7) is 3.44. The van der Waals surface area contributed by atoms with Gasteiger partial charge in [-0.05, 0) is 66.9 Å². The minimum atomic E-state index is -4.10. The van der Waals surface area contributed by atoms with Crippen molar-refractivity contribution in [1.29, 1.82) is 0 Å². The van der Waals surface area contributed by atoms with E-state index in [-0.39, 0.29) is 10.9 Å². The van der Waals surface area contributed by atoms with E-state index in [4.69, 9.17) is 4.74 Å². The molecule has 0 aliphatic rings. The lowest BCUT2D eigenvalue weighted by Crippen LogP contribution is -2.42. The van der Waals surface area contributed by atoms with E-state index in [0.717, 1.165) is 33.3 Å². The molecule has 1 atom stereocenters. The predicted molar refractivity (Wildman–Crippen MR) is 126 cm³/mol. The summed E-state index contributed by atoms with van der Waals surface area (Å²) in [5.74, 6) is -0.246. The molecule has 1 N–H and O–H groups in total. The average molecular weight is 471 g/mol. The first-order chi connectivity index (χ1) is 15.8. The number of methoxy groups -OCH3 is 1. The van der Waals surface area contributed by atoms with E-state index in [2.05, 4.69) is 5.32 Å². The van der Waals surface area contributed by atoms with Gasteiger partial charge in [-0.15, -0.1) is 0 Å². The number of amides is 1. The molecule has 0 heterocycles. The second-order valence-corrected chi connectivity index (χ2v) is 9.42. The van der Waals surface area contributed by atoms with Crippen molar-refractivity contribution >= 4 is 21.6 Å². The van der Waals surface area contributed by atoms with Gasteiger partial charge in [0.25, 0.3) is 10.0 Å². The summed E-state index contributed by atoms with van der Waals surface area (Å²) in [7, 11) is -2.50. The smallest absolute Gasteiger partial charge is 0.264 e. The lowest BCUT2D eigenvalue weighted by molar-refractivity contribution is -0.120. The van der Waals surface area contributed by atoms with Gasteiger partial charge in [-0.2, -0.15) is 0 Å². The molecule has 0 fully saturated rings. The quantitative estimate of drug-likeness (QED) is 0.496. The van der Waals surface area contributed by atoms with Crippen LogP contribution in [0.25, 0.3) is 0 Å². The molecule has 0 spiro atoms. The number of carbonyl (C=O) groups excluding carboxylic acids is 1. The number of carbonyl (C=O) groups is 1. The molecule has 0 aliphatic heterocycles. The minimum absolute atomic E-state index is 0.0987. The lowest BCUT2D eigenvalue weighted by atomic mass is 10.0. The van der Waals surface area contributed by atoms with Gasteiger partial charge >= 0.3 is 0 Å². The number of rotatable bonds is 9. The molecule has 174 valence electrons. The van der Waals surface area contributed by atoms with Crippen molar-refractivity contribution in [2.45, 2.75) is 31.2 Å². The van der Waals surface area contributed by atoms with Gasteiger partial charge in [0.15, 0.2) is 0 Å². The third-order valence-corrected chi connectivity index (χ3v) is 7.09. The highest BCUT2D eigenvalue weighted by molar-refractivity contribution is 7.92. The monoisotopic (exact) mass is 470 g/mol. The molecular weight excluding hydrogens is 443 g/mol. The molecule has 3 aromatic carbocycles. The van der Waals surface area contributed by atoms with E-state index in [1.54, 1.807) is 37.4 Å². The molecule has 33 heavy (non-hydrogen) atoms. The molecule has 0 bridgehead atoms. The second-order valence-electron chi connectivity index (χ2n) is 7.56. The SMILES string of the molecule is CC[C@H](NC(=O)CN(c1ccccc1)S(=O)(=O)c1ccc(F)cc1)c1ccc(OC)c(C)c1. The van der Waals surface area contributed by atoms with Crippen LogP contribution in [0, 0.1) is 12.7 Å². The van der Waals surface area contributed by atoms with Crippen LogP contribution in [-0.4, -0.2) is 28.0 Å². The summed E-state index contributed by atoms with van der Waals surface area (Å²) in [6.07, 6.45) is 0.619. The number of nitrogens with one attached hydrogen (secondary N) is 1. The Hall–Kier alpha value is -3.39. The number of benzene rings is 3. The maximum absolute atomic E-state index is 13.3. The largest absolute Gasteiger partial charge is 0.496 e. The van der Waals surface area contributed by atoms with Gasteiger partial charge in [0.05, 0.1) is 23.7 Å². The maximum Gasteiger partial charge on any atom is 0.264 e. The lowest BCUT2D eigenvalue weighted by Gasteiger charge is -2.26. The van der Waals surface area contributed by atoms with E-state index in [9.17, 15) is 17.6 Å². The number of hydrogen-bond donors (Lipinski definition) is 1. The normalized spacial score (nSPS) is 12.1. The van der Waals surface area contributed by atoms with Crippen LogP contribution in [0.4, 0.5) is 10.1 Å². The summed E-state index contributed by atoms with van der Waals surface area (Å²) in [6, 6.07) is 18.3. The zero-order valence-corrected chi connectivity index (χ0v) is 19.6. The molecule has 0 radical (unpaired) electrons. The highest BCUT2D eigenvalue weighted by Gasteiger charge is 2.28. The number of ether oxygens (including phenoxy) is 1. The molecular formula is C25H27FN2O4S. The standard InChI is InChI=1S/C25H27FN2O4S/c1-4-23(19-10-15-24(32-3)18(2)16-19)27-25(29)17-28(21-8-6-5-7-9-21)33(30,31)22-13-11-20(26)12-14-22/h5-16,23H,4,17H2,1-3H3,(H,27,29)/t23-/m0/s1. The van der Waals surface area contributed by atoms with Crippen LogP contribution in [0.1, 0.15) is 30.5 Å². The molecule has 3 aromatic rings. The van der Waals surface area contributed by atoms with Crippen molar-refractivity contribution in [3.63, 3.8) is 0 Å². The fourth-order valence-corrected chi connectivity index (χ4v) is 4.97. The Labute approximate surface area is 194 Å². The first kappa shape index (κ1) is 24.3. The van der Waals surface area contributed by atoms with Gasteiger partial charge in [0, 0.05) is 0 Å². The highest BCUT2D eigenvalue weighted by Crippen LogP contribution is 2.26. The van der Waals surface area contributed by atoms with Gasteiger partial charge < -0.3 is 10.1 Å². The van der Waals surface area contributed by atoms with Gasteiger partial charge in [0.1, 0.15) is 18.1 Å². The van der Waals surface area contributed by atoms with Crippen LogP contribution in [0.3, 0.4) is 0 Å².